The minimum atomic E-state index is -0.346. The molecule has 0 aliphatic rings. The number of benzene rings is 2. The molecule has 3 amide bonds. The van der Waals surface area contributed by atoms with E-state index in [1.54, 1.807) is 43.3 Å². The largest absolute Gasteiger partial charge is 0.354 e. The summed E-state index contributed by atoms with van der Waals surface area (Å²) in [6.45, 7) is 2.33. The van der Waals surface area contributed by atoms with Gasteiger partial charge in [-0.05, 0) is 36.8 Å². The molecule has 0 radical (unpaired) electrons. The van der Waals surface area contributed by atoms with E-state index in [0.29, 0.717) is 11.1 Å². The van der Waals surface area contributed by atoms with Crippen LogP contribution in [0.2, 0.25) is 0 Å². The molecular formula is C21H24FN3O3. The van der Waals surface area contributed by atoms with Crippen LogP contribution in [-0.4, -0.2) is 36.9 Å². The lowest BCUT2D eigenvalue weighted by Gasteiger charge is -2.14. The maximum absolute atomic E-state index is 12.8. The summed E-state index contributed by atoms with van der Waals surface area (Å²) in [5.41, 5.74) is 1.25. The average Bonchev–Trinajstić information content (AvgIpc) is 2.67. The van der Waals surface area contributed by atoms with Gasteiger partial charge in [0.2, 0.25) is 11.8 Å². The van der Waals surface area contributed by atoms with E-state index < -0.39 is 0 Å². The summed E-state index contributed by atoms with van der Waals surface area (Å²) in [6.07, 6.45) is 0.291. The second kappa shape index (κ2) is 10.8. The van der Waals surface area contributed by atoms with E-state index in [1.165, 1.54) is 12.1 Å². The fourth-order valence-corrected chi connectivity index (χ4v) is 2.55. The molecule has 2 aromatic rings. The lowest BCUT2D eigenvalue weighted by Crippen LogP contribution is -2.39. The van der Waals surface area contributed by atoms with Crippen molar-refractivity contribution < 1.29 is 18.8 Å². The van der Waals surface area contributed by atoms with E-state index in [4.69, 9.17) is 0 Å². The van der Waals surface area contributed by atoms with Gasteiger partial charge in [-0.1, -0.05) is 30.3 Å². The van der Waals surface area contributed by atoms with Gasteiger partial charge < -0.3 is 16.0 Å². The molecule has 0 fully saturated rings. The molecule has 0 saturated carbocycles. The van der Waals surface area contributed by atoms with Crippen molar-refractivity contribution in [2.75, 3.05) is 13.1 Å². The summed E-state index contributed by atoms with van der Waals surface area (Å²) < 4.78 is 12.8. The van der Waals surface area contributed by atoms with Gasteiger partial charge in [-0.3, -0.25) is 14.4 Å². The number of carbonyl (C=O) groups is 3. The normalized spacial score (nSPS) is 11.4. The molecule has 2 rings (SSSR count). The predicted molar refractivity (Wildman–Crippen MR) is 104 cm³/mol. The standard InChI is InChI=1S/C21H24FN3O3/c1-15(25-21(28)17-5-3-2-4-6-17)13-19(26)23-11-12-24-20(27)14-16-7-9-18(22)10-8-16/h2-10,15H,11-14H2,1H3,(H,23,26)(H,24,27)(H,25,28). The molecule has 0 aliphatic heterocycles. The molecule has 0 heterocycles. The smallest absolute Gasteiger partial charge is 0.251 e. The summed E-state index contributed by atoms with van der Waals surface area (Å²) in [5.74, 6) is -0.993. The number of carbonyl (C=O) groups excluding carboxylic acids is 3. The summed E-state index contributed by atoms with van der Waals surface area (Å²) >= 11 is 0. The molecule has 28 heavy (non-hydrogen) atoms. The molecule has 1 atom stereocenters. The van der Waals surface area contributed by atoms with Crippen LogP contribution in [-0.2, 0) is 16.0 Å². The van der Waals surface area contributed by atoms with Crippen molar-refractivity contribution in [2.24, 2.45) is 0 Å². The molecule has 1 unspecified atom stereocenters. The Labute approximate surface area is 163 Å². The predicted octanol–water partition coefficient (Wildman–Crippen LogP) is 1.81. The number of nitrogens with one attached hydrogen (secondary N) is 3. The van der Waals surface area contributed by atoms with Crippen LogP contribution in [0.25, 0.3) is 0 Å². The lowest BCUT2D eigenvalue weighted by molar-refractivity contribution is -0.122. The highest BCUT2D eigenvalue weighted by molar-refractivity contribution is 5.94. The zero-order valence-electron chi connectivity index (χ0n) is 15.7. The van der Waals surface area contributed by atoms with Gasteiger partial charge in [0.15, 0.2) is 0 Å². The van der Waals surface area contributed by atoms with Crippen LogP contribution in [0.3, 0.4) is 0 Å². The Morgan fingerprint density at radius 2 is 1.50 bits per heavy atom. The molecule has 3 N–H and O–H groups in total. The second-order valence-electron chi connectivity index (χ2n) is 6.45. The van der Waals surface area contributed by atoms with Crippen LogP contribution < -0.4 is 16.0 Å². The van der Waals surface area contributed by atoms with Gasteiger partial charge in [0.05, 0.1) is 6.42 Å². The molecule has 148 valence electrons. The molecule has 0 saturated heterocycles. The minimum absolute atomic E-state index is 0.141. The summed E-state index contributed by atoms with van der Waals surface area (Å²) in [7, 11) is 0. The molecular weight excluding hydrogens is 361 g/mol. The third kappa shape index (κ3) is 7.57. The van der Waals surface area contributed by atoms with Crippen LogP contribution in [0, 0.1) is 5.82 Å². The molecule has 0 aliphatic carbocycles. The van der Waals surface area contributed by atoms with Crippen molar-refractivity contribution >= 4 is 17.7 Å². The fourth-order valence-electron chi connectivity index (χ4n) is 2.55. The molecule has 0 spiro atoms. The van der Waals surface area contributed by atoms with Crippen molar-refractivity contribution in [2.45, 2.75) is 25.8 Å². The fraction of sp³-hybridized carbons (Fsp3) is 0.286. The monoisotopic (exact) mass is 385 g/mol. The first-order valence-corrected chi connectivity index (χ1v) is 9.08. The zero-order chi connectivity index (χ0) is 20.4. The highest BCUT2D eigenvalue weighted by Crippen LogP contribution is 2.03. The third-order valence-electron chi connectivity index (χ3n) is 3.95. The van der Waals surface area contributed by atoms with Crippen LogP contribution in [0.1, 0.15) is 29.3 Å². The first-order valence-electron chi connectivity index (χ1n) is 9.08. The highest BCUT2D eigenvalue weighted by Gasteiger charge is 2.13. The first kappa shape index (κ1) is 21.1. The molecule has 0 bridgehead atoms. The van der Waals surface area contributed by atoms with Crippen LogP contribution >= 0.6 is 0 Å². The Morgan fingerprint density at radius 1 is 0.893 bits per heavy atom. The third-order valence-corrected chi connectivity index (χ3v) is 3.95. The Balaban J connectivity index is 1.60. The van der Waals surface area contributed by atoms with Gasteiger partial charge in [0, 0.05) is 31.1 Å². The summed E-state index contributed by atoms with van der Waals surface area (Å²) in [4.78, 5) is 35.8. The molecule has 2 aromatic carbocycles. The highest BCUT2D eigenvalue weighted by atomic mass is 19.1. The van der Waals surface area contributed by atoms with Crippen molar-refractivity contribution in [1.82, 2.24) is 16.0 Å². The van der Waals surface area contributed by atoms with E-state index in [1.807, 2.05) is 6.07 Å². The van der Waals surface area contributed by atoms with E-state index in [-0.39, 0.29) is 55.5 Å². The Morgan fingerprint density at radius 3 is 2.14 bits per heavy atom. The quantitative estimate of drug-likeness (QED) is 0.576. The van der Waals surface area contributed by atoms with Gasteiger partial charge >= 0.3 is 0 Å². The van der Waals surface area contributed by atoms with E-state index >= 15 is 0 Å². The van der Waals surface area contributed by atoms with E-state index in [0.717, 1.165) is 0 Å². The Kier molecular flexibility index (Phi) is 8.14. The number of hydrogen-bond donors (Lipinski definition) is 3. The van der Waals surface area contributed by atoms with Gasteiger partial charge in [-0.15, -0.1) is 0 Å². The lowest BCUT2D eigenvalue weighted by atomic mass is 10.1. The number of halogens is 1. The van der Waals surface area contributed by atoms with Crippen LogP contribution in [0.4, 0.5) is 4.39 Å². The van der Waals surface area contributed by atoms with Crippen LogP contribution in [0.5, 0.6) is 0 Å². The van der Waals surface area contributed by atoms with E-state index in [2.05, 4.69) is 16.0 Å². The topological polar surface area (TPSA) is 87.3 Å². The Bertz CT molecular complexity index is 794. The molecule has 7 heteroatoms. The number of rotatable bonds is 9. The van der Waals surface area contributed by atoms with E-state index in [9.17, 15) is 18.8 Å². The number of hydrogen-bond acceptors (Lipinski definition) is 3. The minimum Gasteiger partial charge on any atom is -0.354 e. The van der Waals surface area contributed by atoms with Crippen molar-refractivity contribution in [1.29, 1.82) is 0 Å². The maximum Gasteiger partial charge on any atom is 0.251 e. The summed E-state index contributed by atoms with van der Waals surface area (Å²) in [6, 6.07) is 14.2. The van der Waals surface area contributed by atoms with Crippen molar-refractivity contribution in [3.63, 3.8) is 0 Å². The van der Waals surface area contributed by atoms with Crippen LogP contribution in [0.15, 0.2) is 54.6 Å². The zero-order valence-corrected chi connectivity index (χ0v) is 15.7. The summed E-state index contributed by atoms with van der Waals surface area (Å²) in [5, 5.41) is 8.16. The SMILES string of the molecule is CC(CC(=O)NCCNC(=O)Cc1ccc(F)cc1)NC(=O)c1ccccc1. The van der Waals surface area contributed by atoms with Crippen molar-refractivity contribution in [3.8, 4) is 0 Å². The maximum atomic E-state index is 12.8. The van der Waals surface area contributed by atoms with Gasteiger partial charge in [-0.2, -0.15) is 0 Å². The van der Waals surface area contributed by atoms with Crippen molar-refractivity contribution in [3.05, 3.63) is 71.5 Å². The molecule has 0 aromatic heterocycles. The van der Waals surface area contributed by atoms with Gasteiger partial charge in [-0.25, -0.2) is 4.39 Å². The Hall–Kier alpha value is -3.22. The van der Waals surface area contributed by atoms with Gasteiger partial charge in [0.1, 0.15) is 5.82 Å². The van der Waals surface area contributed by atoms with Gasteiger partial charge in [0.25, 0.3) is 5.91 Å². The second-order valence-corrected chi connectivity index (χ2v) is 6.45. The number of amides is 3. The first-order chi connectivity index (χ1) is 13.4. The molecule has 6 nitrogen and oxygen atoms in total. The average molecular weight is 385 g/mol.